The quantitative estimate of drug-likeness (QED) is 0.253. The third-order valence-electron chi connectivity index (χ3n) is 6.86. The lowest BCUT2D eigenvalue weighted by atomic mass is 10.1. The molecule has 0 saturated carbocycles. The van der Waals surface area contributed by atoms with E-state index in [0.717, 1.165) is 29.9 Å². The van der Waals surface area contributed by atoms with E-state index in [1.807, 2.05) is 49.4 Å². The van der Waals surface area contributed by atoms with Crippen molar-refractivity contribution in [2.75, 3.05) is 43.1 Å². The van der Waals surface area contributed by atoms with Gasteiger partial charge in [-0.2, -0.15) is 4.72 Å². The molecule has 4 rings (SSSR count). The van der Waals surface area contributed by atoms with Gasteiger partial charge >= 0.3 is 6.09 Å². The van der Waals surface area contributed by atoms with E-state index in [9.17, 15) is 18.0 Å². The van der Waals surface area contributed by atoms with Crippen LogP contribution in [0.4, 0.5) is 16.2 Å². The van der Waals surface area contributed by atoms with Gasteiger partial charge in [0.15, 0.2) is 0 Å². The number of morpholine rings is 1. The molecule has 3 N–H and O–H groups in total. The summed E-state index contributed by atoms with van der Waals surface area (Å²) in [6.45, 7) is 5.31. The molecular formula is C31H38N4O6S. The highest BCUT2D eigenvalue weighted by molar-refractivity contribution is 7.89. The van der Waals surface area contributed by atoms with Crippen LogP contribution in [0.5, 0.6) is 0 Å². The van der Waals surface area contributed by atoms with Crippen LogP contribution in [0.2, 0.25) is 0 Å². The van der Waals surface area contributed by atoms with E-state index in [1.54, 1.807) is 24.3 Å². The van der Waals surface area contributed by atoms with Crippen LogP contribution >= 0.6 is 0 Å². The van der Waals surface area contributed by atoms with Crippen molar-refractivity contribution in [1.82, 2.24) is 10.0 Å². The number of nitrogens with one attached hydrogen (secondary N) is 3. The van der Waals surface area contributed by atoms with Gasteiger partial charge < -0.3 is 25.0 Å². The summed E-state index contributed by atoms with van der Waals surface area (Å²) < 4.78 is 39.4. The minimum Gasteiger partial charge on any atom is -0.445 e. The highest BCUT2D eigenvalue weighted by Gasteiger charge is 2.26. The Kier molecular flexibility index (Phi) is 11.3. The van der Waals surface area contributed by atoms with Crippen molar-refractivity contribution in [2.24, 2.45) is 0 Å². The van der Waals surface area contributed by atoms with Gasteiger partial charge in [0.05, 0.1) is 18.1 Å². The van der Waals surface area contributed by atoms with Crippen LogP contribution in [0.3, 0.4) is 0 Å². The summed E-state index contributed by atoms with van der Waals surface area (Å²) in [4.78, 5) is 27.6. The summed E-state index contributed by atoms with van der Waals surface area (Å²) in [5, 5.41) is 5.54. The molecule has 224 valence electrons. The molecule has 0 aromatic heterocycles. The van der Waals surface area contributed by atoms with Crippen LogP contribution < -0.4 is 20.3 Å². The Balaban J connectivity index is 1.32. The summed E-state index contributed by atoms with van der Waals surface area (Å²) in [5.74, 6) is -0.458. The number of ether oxygens (including phenoxy) is 2. The van der Waals surface area contributed by atoms with Crippen molar-refractivity contribution in [2.45, 2.75) is 43.7 Å². The number of nitrogens with zero attached hydrogens (tertiary/aromatic N) is 1. The molecular weight excluding hydrogens is 556 g/mol. The van der Waals surface area contributed by atoms with E-state index in [-0.39, 0.29) is 17.9 Å². The molecule has 1 aliphatic rings. The number of rotatable bonds is 13. The zero-order valence-corrected chi connectivity index (χ0v) is 24.6. The molecule has 0 aliphatic carbocycles. The molecule has 2 amide bonds. The predicted octanol–water partition coefficient (Wildman–Crippen LogP) is 4.21. The fraction of sp³-hybridized carbons (Fsp3) is 0.355. The number of hydrogen-bond donors (Lipinski definition) is 3. The average Bonchev–Trinajstić information content (AvgIpc) is 3.01. The first-order chi connectivity index (χ1) is 20.3. The van der Waals surface area contributed by atoms with Crippen LogP contribution in [0.1, 0.15) is 30.4 Å². The number of unbranched alkanes of at least 4 members (excludes halogenated alkanes) is 1. The lowest BCUT2D eigenvalue weighted by Gasteiger charge is -2.29. The molecule has 1 atom stereocenters. The molecule has 0 bridgehead atoms. The van der Waals surface area contributed by atoms with Crippen LogP contribution in [-0.2, 0) is 30.9 Å². The number of carbonyl (C=O) groups excluding carboxylic acids is 2. The van der Waals surface area contributed by atoms with Crippen molar-refractivity contribution < 1.29 is 27.5 Å². The Morgan fingerprint density at radius 2 is 1.62 bits per heavy atom. The molecule has 11 heteroatoms. The minimum absolute atomic E-state index is 0.0867. The summed E-state index contributed by atoms with van der Waals surface area (Å²) in [7, 11) is -3.94. The zero-order valence-electron chi connectivity index (χ0n) is 23.8. The maximum absolute atomic E-state index is 13.3. The molecule has 1 aliphatic heterocycles. The number of carbonyl (C=O) groups is 2. The van der Waals surface area contributed by atoms with E-state index in [0.29, 0.717) is 38.3 Å². The smallest absolute Gasteiger partial charge is 0.407 e. The predicted molar refractivity (Wildman–Crippen MR) is 162 cm³/mol. The largest absolute Gasteiger partial charge is 0.445 e. The van der Waals surface area contributed by atoms with Gasteiger partial charge in [0.2, 0.25) is 15.9 Å². The maximum Gasteiger partial charge on any atom is 0.407 e. The monoisotopic (exact) mass is 594 g/mol. The summed E-state index contributed by atoms with van der Waals surface area (Å²) in [6, 6.07) is 22.3. The van der Waals surface area contributed by atoms with Gasteiger partial charge in [-0.3, -0.25) is 4.79 Å². The normalized spacial score (nSPS) is 14.2. The first-order valence-electron chi connectivity index (χ1n) is 14.1. The molecule has 42 heavy (non-hydrogen) atoms. The number of amides is 2. The molecule has 10 nitrogen and oxygen atoms in total. The zero-order chi connectivity index (χ0) is 29.8. The Morgan fingerprint density at radius 3 is 2.31 bits per heavy atom. The molecule has 1 unspecified atom stereocenters. The minimum atomic E-state index is -3.94. The lowest BCUT2D eigenvalue weighted by Crippen LogP contribution is -2.43. The fourth-order valence-corrected chi connectivity index (χ4v) is 5.69. The van der Waals surface area contributed by atoms with Crippen LogP contribution in [0.25, 0.3) is 0 Å². The number of sulfonamides is 1. The van der Waals surface area contributed by atoms with Gasteiger partial charge in [-0.25, -0.2) is 13.2 Å². The van der Waals surface area contributed by atoms with E-state index in [1.165, 1.54) is 12.1 Å². The number of aryl methyl sites for hydroxylation is 1. The van der Waals surface area contributed by atoms with Gasteiger partial charge in [0, 0.05) is 31.0 Å². The van der Waals surface area contributed by atoms with Crippen molar-refractivity contribution in [3.63, 3.8) is 0 Å². The van der Waals surface area contributed by atoms with Crippen molar-refractivity contribution in [3.05, 3.63) is 90.0 Å². The number of anilines is 2. The summed E-state index contributed by atoms with van der Waals surface area (Å²) in [6.07, 6.45) is 0.728. The summed E-state index contributed by atoms with van der Waals surface area (Å²) in [5.41, 5.74) is 3.42. The van der Waals surface area contributed by atoms with E-state index in [4.69, 9.17) is 9.47 Å². The van der Waals surface area contributed by atoms with Crippen LogP contribution in [0, 0.1) is 6.92 Å². The topological polar surface area (TPSA) is 126 Å². The van der Waals surface area contributed by atoms with Crippen molar-refractivity contribution >= 4 is 33.4 Å². The maximum atomic E-state index is 13.3. The second kappa shape index (κ2) is 15.3. The number of hydrogen-bond acceptors (Lipinski definition) is 7. The van der Waals surface area contributed by atoms with E-state index >= 15 is 0 Å². The Morgan fingerprint density at radius 1 is 0.929 bits per heavy atom. The Hall–Kier alpha value is -3.93. The highest BCUT2D eigenvalue weighted by atomic mass is 32.2. The number of benzene rings is 3. The molecule has 1 heterocycles. The molecule has 1 saturated heterocycles. The molecule has 3 aromatic carbocycles. The van der Waals surface area contributed by atoms with Gasteiger partial charge in [0.1, 0.15) is 12.6 Å². The average molecular weight is 595 g/mol. The second-order valence-electron chi connectivity index (χ2n) is 10.1. The van der Waals surface area contributed by atoms with Gasteiger partial charge in [-0.15, -0.1) is 0 Å². The summed E-state index contributed by atoms with van der Waals surface area (Å²) >= 11 is 0. The third-order valence-corrected chi connectivity index (χ3v) is 8.35. The third kappa shape index (κ3) is 9.57. The SMILES string of the molecule is Cc1ccc(S(=O)(=O)NC(CCCCNC(=O)OCc2ccccc2)C(=O)Nc2ccc(N3CCOCC3)cc2)cc1. The Bertz CT molecular complexity index is 1390. The van der Waals surface area contributed by atoms with Crippen molar-refractivity contribution in [1.29, 1.82) is 0 Å². The van der Waals surface area contributed by atoms with E-state index < -0.39 is 28.1 Å². The number of alkyl carbamates (subject to hydrolysis) is 1. The second-order valence-corrected chi connectivity index (χ2v) is 11.8. The molecule has 0 spiro atoms. The van der Waals surface area contributed by atoms with Crippen LogP contribution in [-0.4, -0.2) is 59.3 Å². The van der Waals surface area contributed by atoms with Crippen molar-refractivity contribution in [3.8, 4) is 0 Å². The fourth-order valence-electron chi connectivity index (χ4n) is 4.46. The Labute approximate surface area is 247 Å². The standard InChI is InChI=1S/C31H38N4O6S/c1-24-10-16-28(17-11-24)42(38,39)34-29(9-5-6-18-32-31(37)41-23-25-7-3-2-4-8-25)30(36)33-26-12-14-27(15-13-26)35-19-21-40-22-20-35/h2-4,7-8,10-17,29,34H,5-6,9,18-23H2,1H3,(H,32,37)(H,33,36). The first kappa shape index (κ1) is 31.0. The van der Waals surface area contributed by atoms with E-state index in [2.05, 4.69) is 20.3 Å². The molecule has 0 radical (unpaired) electrons. The molecule has 3 aromatic rings. The lowest BCUT2D eigenvalue weighted by molar-refractivity contribution is -0.117. The van der Waals surface area contributed by atoms with Gasteiger partial charge in [-0.1, -0.05) is 48.0 Å². The highest BCUT2D eigenvalue weighted by Crippen LogP contribution is 2.20. The van der Waals surface area contributed by atoms with Gasteiger partial charge in [-0.05, 0) is 68.1 Å². The first-order valence-corrected chi connectivity index (χ1v) is 15.6. The van der Waals surface area contributed by atoms with Gasteiger partial charge in [0.25, 0.3) is 0 Å². The molecule has 1 fully saturated rings. The van der Waals surface area contributed by atoms with Crippen LogP contribution in [0.15, 0.2) is 83.8 Å².